The lowest BCUT2D eigenvalue weighted by Gasteiger charge is -2.40. The Morgan fingerprint density at radius 3 is 2.40 bits per heavy atom. The van der Waals surface area contributed by atoms with Crippen molar-refractivity contribution < 1.29 is 9.90 Å². The number of hydrogen-bond donors (Lipinski definition) is 1. The molecule has 1 aromatic rings. The monoisotopic (exact) mass is 275 g/mol. The fourth-order valence-electron chi connectivity index (χ4n) is 3.14. The van der Waals surface area contributed by atoms with Crippen molar-refractivity contribution in [1.82, 2.24) is 0 Å². The number of para-hydroxylation sites is 1. The van der Waals surface area contributed by atoms with Crippen molar-refractivity contribution in [2.75, 3.05) is 18.0 Å². The van der Waals surface area contributed by atoms with Crippen LogP contribution in [0, 0.1) is 11.3 Å². The van der Waals surface area contributed by atoms with Crippen molar-refractivity contribution in [3.63, 3.8) is 0 Å². The van der Waals surface area contributed by atoms with Crippen molar-refractivity contribution in [3.05, 3.63) is 30.3 Å². The van der Waals surface area contributed by atoms with Gasteiger partial charge in [0.25, 0.3) is 0 Å². The minimum absolute atomic E-state index is 0.571. The first-order chi connectivity index (χ1) is 9.57. The van der Waals surface area contributed by atoms with Crippen LogP contribution in [0.1, 0.15) is 39.5 Å². The molecular formula is C17H25NO2. The molecule has 1 aliphatic rings. The number of carboxylic acids is 1. The fraction of sp³-hybridized carbons (Fsp3) is 0.588. The molecule has 20 heavy (non-hydrogen) atoms. The van der Waals surface area contributed by atoms with Crippen LogP contribution in [0.15, 0.2) is 30.3 Å². The van der Waals surface area contributed by atoms with E-state index in [1.807, 2.05) is 18.2 Å². The van der Waals surface area contributed by atoms with E-state index in [2.05, 4.69) is 30.9 Å². The van der Waals surface area contributed by atoms with Crippen LogP contribution in [0.5, 0.6) is 0 Å². The molecule has 0 atom stereocenters. The van der Waals surface area contributed by atoms with Gasteiger partial charge in [0.1, 0.15) is 0 Å². The van der Waals surface area contributed by atoms with Gasteiger partial charge in [-0.05, 0) is 50.7 Å². The Labute approximate surface area is 121 Å². The number of nitrogens with zero attached hydrogens (tertiary/aromatic N) is 1. The first-order valence-electron chi connectivity index (χ1n) is 7.61. The van der Waals surface area contributed by atoms with Crippen molar-refractivity contribution in [2.24, 2.45) is 11.3 Å². The highest BCUT2D eigenvalue weighted by Gasteiger charge is 2.42. The molecule has 0 amide bonds. The van der Waals surface area contributed by atoms with Gasteiger partial charge in [-0.3, -0.25) is 4.79 Å². The van der Waals surface area contributed by atoms with Crippen molar-refractivity contribution in [3.8, 4) is 0 Å². The molecule has 0 aliphatic heterocycles. The second-order valence-corrected chi connectivity index (χ2v) is 6.12. The molecule has 110 valence electrons. The average Bonchev–Trinajstić information content (AvgIpc) is 2.47. The smallest absolute Gasteiger partial charge is 0.311 e. The largest absolute Gasteiger partial charge is 0.481 e. The van der Waals surface area contributed by atoms with Gasteiger partial charge in [0.2, 0.25) is 0 Å². The summed E-state index contributed by atoms with van der Waals surface area (Å²) in [6.45, 7) is 5.78. The molecule has 0 bridgehead atoms. The maximum absolute atomic E-state index is 11.8. The second kappa shape index (κ2) is 6.29. The van der Waals surface area contributed by atoms with Gasteiger partial charge in [-0.2, -0.15) is 0 Å². The van der Waals surface area contributed by atoms with Crippen LogP contribution < -0.4 is 4.90 Å². The molecule has 0 unspecified atom stereocenters. The van der Waals surface area contributed by atoms with Crippen LogP contribution in [0.25, 0.3) is 0 Å². The highest BCUT2D eigenvalue weighted by Crippen LogP contribution is 2.40. The van der Waals surface area contributed by atoms with Crippen LogP contribution in [0.2, 0.25) is 0 Å². The predicted octanol–water partition coefficient (Wildman–Crippen LogP) is 3.79. The van der Waals surface area contributed by atoms with E-state index in [9.17, 15) is 9.90 Å². The van der Waals surface area contributed by atoms with Crippen LogP contribution in [0.3, 0.4) is 0 Å². The average molecular weight is 275 g/mol. The van der Waals surface area contributed by atoms with Crippen molar-refractivity contribution in [2.45, 2.75) is 39.5 Å². The Bertz CT molecular complexity index is 436. The molecule has 0 aromatic heterocycles. The third kappa shape index (κ3) is 3.14. The molecule has 1 aliphatic carbocycles. The van der Waals surface area contributed by atoms with E-state index in [-0.39, 0.29) is 0 Å². The normalized spacial score (nSPS) is 26.2. The van der Waals surface area contributed by atoms with E-state index in [0.29, 0.717) is 12.5 Å². The van der Waals surface area contributed by atoms with E-state index < -0.39 is 11.4 Å². The molecule has 0 heterocycles. The van der Waals surface area contributed by atoms with Gasteiger partial charge in [-0.15, -0.1) is 0 Å². The van der Waals surface area contributed by atoms with E-state index in [4.69, 9.17) is 0 Å². The Hall–Kier alpha value is -1.51. The number of anilines is 1. The lowest BCUT2D eigenvalue weighted by atomic mass is 9.70. The van der Waals surface area contributed by atoms with Gasteiger partial charge in [0.05, 0.1) is 5.41 Å². The zero-order chi connectivity index (χ0) is 14.6. The number of hydrogen-bond acceptors (Lipinski definition) is 2. The highest BCUT2D eigenvalue weighted by atomic mass is 16.4. The van der Waals surface area contributed by atoms with Crippen LogP contribution in [-0.4, -0.2) is 24.2 Å². The van der Waals surface area contributed by atoms with Gasteiger partial charge in [0, 0.05) is 18.8 Å². The van der Waals surface area contributed by atoms with E-state index >= 15 is 0 Å². The third-order valence-electron chi connectivity index (χ3n) is 4.68. The molecule has 1 saturated carbocycles. The second-order valence-electron chi connectivity index (χ2n) is 6.12. The standard InChI is InChI=1S/C17H25NO2/c1-3-18(15-7-5-4-6-8-15)13-17(16(19)20)11-9-14(2)10-12-17/h4-8,14H,3,9-13H2,1-2H3,(H,19,20). The summed E-state index contributed by atoms with van der Waals surface area (Å²) in [6.07, 6.45) is 3.65. The van der Waals surface area contributed by atoms with Gasteiger partial charge < -0.3 is 10.0 Å². The fourth-order valence-corrected chi connectivity index (χ4v) is 3.14. The van der Waals surface area contributed by atoms with Gasteiger partial charge in [0.15, 0.2) is 0 Å². The highest BCUT2D eigenvalue weighted by molar-refractivity contribution is 5.76. The molecule has 1 aromatic carbocycles. The molecule has 0 spiro atoms. The predicted molar refractivity (Wildman–Crippen MR) is 82.0 cm³/mol. The van der Waals surface area contributed by atoms with Crippen molar-refractivity contribution in [1.29, 1.82) is 0 Å². The minimum atomic E-state index is -0.626. The molecular weight excluding hydrogens is 250 g/mol. The SMILES string of the molecule is CCN(CC1(C(=O)O)CCC(C)CC1)c1ccccc1. The summed E-state index contributed by atoms with van der Waals surface area (Å²) >= 11 is 0. The van der Waals surface area contributed by atoms with Crippen LogP contribution in [0.4, 0.5) is 5.69 Å². The summed E-state index contributed by atoms with van der Waals surface area (Å²) in [5.41, 5.74) is 0.549. The molecule has 0 radical (unpaired) electrons. The summed E-state index contributed by atoms with van der Waals surface area (Å²) in [5.74, 6) is 0.0352. The number of benzene rings is 1. The first-order valence-corrected chi connectivity index (χ1v) is 7.61. The van der Waals surface area contributed by atoms with E-state index in [1.165, 1.54) is 0 Å². The topological polar surface area (TPSA) is 40.5 Å². The quantitative estimate of drug-likeness (QED) is 0.888. The Balaban J connectivity index is 2.17. The van der Waals surface area contributed by atoms with E-state index in [0.717, 1.165) is 37.9 Å². The number of rotatable bonds is 5. The molecule has 3 nitrogen and oxygen atoms in total. The molecule has 1 fully saturated rings. The number of carbonyl (C=O) groups is 1. The number of aliphatic carboxylic acids is 1. The summed E-state index contributed by atoms with van der Waals surface area (Å²) in [4.78, 5) is 14.0. The van der Waals surface area contributed by atoms with E-state index in [1.54, 1.807) is 0 Å². The summed E-state index contributed by atoms with van der Waals surface area (Å²) in [5, 5.41) is 9.74. The third-order valence-corrected chi connectivity index (χ3v) is 4.68. The first kappa shape index (κ1) is 14.9. The zero-order valence-electron chi connectivity index (χ0n) is 12.5. The molecule has 0 saturated heterocycles. The molecule has 3 heteroatoms. The minimum Gasteiger partial charge on any atom is -0.481 e. The van der Waals surface area contributed by atoms with Crippen molar-refractivity contribution >= 4 is 11.7 Å². The Kier molecular flexibility index (Phi) is 4.69. The maximum Gasteiger partial charge on any atom is 0.311 e. The van der Waals surface area contributed by atoms with Gasteiger partial charge in [-0.25, -0.2) is 0 Å². The van der Waals surface area contributed by atoms with Crippen LogP contribution >= 0.6 is 0 Å². The Morgan fingerprint density at radius 1 is 1.30 bits per heavy atom. The number of carboxylic acid groups (broad SMARTS) is 1. The van der Waals surface area contributed by atoms with Gasteiger partial charge >= 0.3 is 5.97 Å². The van der Waals surface area contributed by atoms with Crippen LogP contribution in [-0.2, 0) is 4.79 Å². The summed E-state index contributed by atoms with van der Waals surface area (Å²) < 4.78 is 0. The lowest BCUT2D eigenvalue weighted by Crippen LogP contribution is -2.45. The summed E-state index contributed by atoms with van der Waals surface area (Å²) in [7, 11) is 0. The summed E-state index contributed by atoms with van der Waals surface area (Å²) in [6, 6.07) is 10.1. The molecule has 1 N–H and O–H groups in total. The molecule has 2 rings (SSSR count). The maximum atomic E-state index is 11.8. The zero-order valence-corrected chi connectivity index (χ0v) is 12.5. The Morgan fingerprint density at radius 2 is 1.90 bits per heavy atom. The lowest BCUT2D eigenvalue weighted by molar-refractivity contribution is -0.150. The van der Waals surface area contributed by atoms with Gasteiger partial charge in [-0.1, -0.05) is 25.1 Å².